The van der Waals surface area contributed by atoms with Gasteiger partial charge in [-0.15, -0.1) is 11.3 Å². The number of nitrogens with one attached hydrogen (secondary N) is 1. The number of hydrogen-bond acceptors (Lipinski definition) is 3. The van der Waals surface area contributed by atoms with Gasteiger partial charge in [0, 0.05) is 29.6 Å². The van der Waals surface area contributed by atoms with Crippen LogP contribution in [0.5, 0.6) is 0 Å². The van der Waals surface area contributed by atoms with E-state index in [1.807, 2.05) is 34.2 Å². The lowest BCUT2D eigenvalue weighted by atomic mass is 9.96. The minimum Gasteiger partial charge on any atom is -0.352 e. The average molecular weight is 358 g/mol. The molecule has 0 bridgehead atoms. The predicted octanol–water partition coefficient (Wildman–Crippen LogP) is 3.91. The maximum absolute atomic E-state index is 12.2. The molecule has 1 saturated carbocycles. The largest absolute Gasteiger partial charge is 0.352 e. The number of amides is 1. The van der Waals surface area contributed by atoms with Crippen LogP contribution < -0.4 is 5.32 Å². The molecule has 1 aliphatic rings. The highest BCUT2D eigenvalue weighted by atomic mass is 35.5. The number of nitrogens with zero attached hydrogens (tertiary/aromatic N) is 2. The van der Waals surface area contributed by atoms with Crippen molar-refractivity contribution >= 4 is 39.9 Å². The molecule has 0 radical (unpaired) electrons. The van der Waals surface area contributed by atoms with Gasteiger partial charge in [0.1, 0.15) is 0 Å². The second-order valence-electron chi connectivity index (χ2n) is 6.04. The first-order chi connectivity index (χ1) is 11.7. The lowest BCUT2D eigenvalue weighted by Crippen LogP contribution is -2.30. The normalized spacial score (nSPS) is 15.9. The first kappa shape index (κ1) is 15.4. The summed E-state index contributed by atoms with van der Waals surface area (Å²) in [5, 5.41) is 5.36. The van der Waals surface area contributed by atoms with Crippen LogP contribution >= 0.6 is 22.9 Å². The Labute approximate surface area is 148 Å². The van der Waals surface area contributed by atoms with Crippen LogP contribution in [0, 0.1) is 0 Å². The van der Waals surface area contributed by atoms with Gasteiger partial charge in [0.05, 0.1) is 5.69 Å². The van der Waals surface area contributed by atoms with Gasteiger partial charge in [0.25, 0.3) is 0 Å². The third-order valence-corrected chi connectivity index (χ3v) is 5.52. The van der Waals surface area contributed by atoms with E-state index in [9.17, 15) is 4.79 Å². The summed E-state index contributed by atoms with van der Waals surface area (Å²) < 4.78 is 1.88. The Morgan fingerprint density at radius 1 is 1.38 bits per heavy atom. The van der Waals surface area contributed by atoms with Gasteiger partial charge in [-0.2, -0.15) is 0 Å². The van der Waals surface area contributed by atoms with Gasteiger partial charge < -0.3 is 5.32 Å². The second-order valence-corrected chi connectivity index (χ2v) is 7.27. The first-order valence-corrected chi connectivity index (χ1v) is 9.06. The molecule has 122 valence electrons. The Morgan fingerprint density at radius 3 is 2.92 bits per heavy atom. The molecule has 0 atom stereocenters. The molecule has 0 aliphatic heterocycles. The maximum atomic E-state index is 12.2. The number of hydrogen-bond donors (Lipinski definition) is 1. The Bertz CT molecular complexity index is 909. The number of halogens is 1. The maximum Gasteiger partial charge on any atom is 0.244 e. The molecule has 0 spiro atoms. The third-order valence-electron chi connectivity index (χ3n) is 4.49. The van der Waals surface area contributed by atoms with Crippen LogP contribution in [0.2, 0.25) is 5.15 Å². The number of rotatable bonds is 5. The Balaban J connectivity index is 1.42. The Morgan fingerprint density at radius 2 is 2.17 bits per heavy atom. The van der Waals surface area contributed by atoms with Crippen LogP contribution in [-0.2, 0) is 10.2 Å². The quantitative estimate of drug-likeness (QED) is 0.704. The first-order valence-electron chi connectivity index (χ1n) is 7.80. The number of imidazole rings is 1. The Kier molecular flexibility index (Phi) is 3.90. The van der Waals surface area contributed by atoms with Crippen molar-refractivity contribution in [1.29, 1.82) is 0 Å². The lowest BCUT2D eigenvalue weighted by Gasteiger charge is -2.15. The molecule has 1 fully saturated rings. The fourth-order valence-corrected chi connectivity index (χ4v) is 3.91. The summed E-state index contributed by atoms with van der Waals surface area (Å²) in [6, 6.07) is 10.4. The molecule has 4 nitrogen and oxygen atoms in total. The number of aromatic nitrogens is 2. The van der Waals surface area contributed by atoms with Crippen molar-refractivity contribution in [1.82, 2.24) is 14.7 Å². The zero-order chi connectivity index (χ0) is 16.6. The zero-order valence-electron chi connectivity index (χ0n) is 12.9. The van der Waals surface area contributed by atoms with E-state index in [1.165, 1.54) is 23.0 Å². The third kappa shape index (κ3) is 2.85. The summed E-state index contributed by atoms with van der Waals surface area (Å²) >= 11 is 7.63. The molecular formula is C18H16ClN3OS. The van der Waals surface area contributed by atoms with Crippen LogP contribution in [-0.4, -0.2) is 21.8 Å². The molecular weight excluding hydrogens is 342 g/mol. The van der Waals surface area contributed by atoms with Crippen molar-refractivity contribution in [2.24, 2.45) is 0 Å². The fraction of sp³-hybridized carbons (Fsp3) is 0.222. The van der Waals surface area contributed by atoms with E-state index in [4.69, 9.17) is 11.6 Å². The smallest absolute Gasteiger partial charge is 0.244 e. The molecule has 6 heteroatoms. The SMILES string of the molecule is O=C(/C=C/c1c(Cl)nc2sccn12)NCC1(c2ccccc2)CC1. The molecule has 2 heterocycles. The molecule has 1 aromatic carbocycles. The van der Waals surface area contributed by atoms with Gasteiger partial charge in [-0.3, -0.25) is 9.20 Å². The molecule has 1 amide bonds. The van der Waals surface area contributed by atoms with E-state index in [-0.39, 0.29) is 11.3 Å². The molecule has 2 aromatic heterocycles. The van der Waals surface area contributed by atoms with E-state index < -0.39 is 0 Å². The van der Waals surface area contributed by atoms with Crippen molar-refractivity contribution in [2.45, 2.75) is 18.3 Å². The van der Waals surface area contributed by atoms with E-state index in [0.717, 1.165) is 23.5 Å². The standard InChI is InChI=1S/C18H16ClN3OS/c19-16-14(22-10-11-24-17(22)21-16)6-7-15(23)20-12-18(8-9-18)13-4-2-1-3-5-13/h1-7,10-11H,8-9,12H2,(H,20,23)/b7-6+. The van der Waals surface area contributed by atoms with Crippen LogP contribution in [0.15, 0.2) is 48.0 Å². The molecule has 3 aromatic rings. The van der Waals surface area contributed by atoms with E-state index in [1.54, 1.807) is 6.08 Å². The highest BCUT2D eigenvalue weighted by Gasteiger charge is 2.44. The lowest BCUT2D eigenvalue weighted by molar-refractivity contribution is -0.116. The molecule has 0 saturated heterocycles. The summed E-state index contributed by atoms with van der Waals surface area (Å²) in [6.07, 6.45) is 7.36. The topological polar surface area (TPSA) is 46.4 Å². The van der Waals surface area contributed by atoms with Crippen LogP contribution in [0.25, 0.3) is 11.0 Å². The number of carbonyl (C=O) groups excluding carboxylic acids is 1. The van der Waals surface area contributed by atoms with Crippen molar-refractivity contribution in [3.63, 3.8) is 0 Å². The number of benzene rings is 1. The van der Waals surface area contributed by atoms with E-state index >= 15 is 0 Å². The van der Waals surface area contributed by atoms with Gasteiger partial charge in [0.15, 0.2) is 10.1 Å². The monoisotopic (exact) mass is 357 g/mol. The summed E-state index contributed by atoms with van der Waals surface area (Å²) in [5.74, 6) is -0.113. The minimum absolute atomic E-state index is 0.111. The molecule has 4 rings (SSSR count). The minimum atomic E-state index is -0.113. The predicted molar refractivity (Wildman–Crippen MR) is 97.5 cm³/mol. The summed E-state index contributed by atoms with van der Waals surface area (Å²) in [7, 11) is 0. The molecule has 24 heavy (non-hydrogen) atoms. The van der Waals surface area contributed by atoms with Gasteiger partial charge in [0.2, 0.25) is 5.91 Å². The zero-order valence-corrected chi connectivity index (χ0v) is 14.5. The number of thiazole rings is 1. The van der Waals surface area contributed by atoms with Crippen molar-refractivity contribution in [2.75, 3.05) is 6.54 Å². The van der Waals surface area contributed by atoms with E-state index in [2.05, 4.69) is 22.4 Å². The molecule has 1 N–H and O–H groups in total. The molecule has 1 aliphatic carbocycles. The highest BCUT2D eigenvalue weighted by molar-refractivity contribution is 7.15. The van der Waals surface area contributed by atoms with Gasteiger partial charge in [-0.05, 0) is 24.5 Å². The Hall–Kier alpha value is -2.11. The number of carbonyl (C=O) groups is 1. The van der Waals surface area contributed by atoms with Crippen LogP contribution in [0.4, 0.5) is 0 Å². The van der Waals surface area contributed by atoms with Crippen LogP contribution in [0.1, 0.15) is 24.1 Å². The summed E-state index contributed by atoms with van der Waals surface area (Å²) in [5.41, 5.74) is 2.14. The van der Waals surface area contributed by atoms with Gasteiger partial charge in [-0.25, -0.2) is 4.98 Å². The average Bonchev–Trinajstić information content (AvgIpc) is 3.17. The van der Waals surface area contributed by atoms with Crippen molar-refractivity contribution in [3.8, 4) is 0 Å². The van der Waals surface area contributed by atoms with Crippen molar-refractivity contribution in [3.05, 3.63) is 64.4 Å². The fourth-order valence-electron chi connectivity index (χ4n) is 2.91. The second kappa shape index (κ2) is 6.07. The van der Waals surface area contributed by atoms with Crippen molar-refractivity contribution < 1.29 is 4.79 Å². The highest BCUT2D eigenvalue weighted by Crippen LogP contribution is 2.47. The van der Waals surface area contributed by atoms with Crippen LogP contribution in [0.3, 0.4) is 0 Å². The van der Waals surface area contributed by atoms with E-state index in [0.29, 0.717) is 11.7 Å². The number of fused-ring (bicyclic) bond motifs is 1. The summed E-state index contributed by atoms with van der Waals surface area (Å²) in [6.45, 7) is 0.661. The molecule has 0 unspecified atom stereocenters. The van der Waals surface area contributed by atoms with Gasteiger partial charge >= 0.3 is 0 Å². The van der Waals surface area contributed by atoms with Gasteiger partial charge in [-0.1, -0.05) is 41.9 Å². The summed E-state index contributed by atoms with van der Waals surface area (Å²) in [4.78, 5) is 17.2.